The molecule has 2 aliphatic rings. The SMILES string of the molecule is c1ccc(C2c3ccccc3-c3cc(-c4ccc5c(c4)C(c4ccc6cc(-c7cccc8oc9ccccc9c78)ccc6c4)c4ccccc4-5)ccc32)cc1. The second-order valence-corrected chi connectivity index (χ2v) is 15.2. The van der Waals surface area contributed by atoms with Gasteiger partial charge in [-0.15, -0.1) is 0 Å². The maximum atomic E-state index is 6.22. The summed E-state index contributed by atoms with van der Waals surface area (Å²) in [6.45, 7) is 0. The molecule has 256 valence electrons. The van der Waals surface area contributed by atoms with E-state index in [1.807, 2.05) is 6.07 Å². The molecule has 0 aliphatic heterocycles. The number of para-hydroxylation sites is 1. The lowest BCUT2D eigenvalue weighted by Gasteiger charge is -2.17. The van der Waals surface area contributed by atoms with E-state index in [-0.39, 0.29) is 11.8 Å². The topological polar surface area (TPSA) is 13.1 Å². The van der Waals surface area contributed by atoms with E-state index in [4.69, 9.17) is 4.42 Å². The van der Waals surface area contributed by atoms with Crippen LogP contribution in [0.1, 0.15) is 45.2 Å². The van der Waals surface area contributed by atoms with E-state index in [0.29, 0.717) is 0 Å². The van der Waals surface area contributed by atoms with Crippen LogP contribution in [0.15, 0.2) is 199 Å². The maximum Gasteiger partial charge on any atom is 0.136 e. The van der Waals surface area contributed by atoms with Gasteiger partial charge in [0, 0.05) is 22.6 Å². The minimum Gasteiger partial charge on any atom is -0.456 e. The third-order valence-corrected chi connectivity index (χ3v) is 12.2. The fourth-order valence-corrected chi connectivity index (χ4v) is 9.76. The van der Waals surface area contributed by atoms with Crippen LogP contribution in [0.5, 0.6) is 0 Å². The van der Waals surface area contributed by atoms with Crippen LogP contribution in [-0.2, 0) is 0 Å². The molecule has 10 aromatic rings. The van der Waals surface area contributed by atoms with E-state index in [9.17, 15) is 0 Å². The molecular weight excluding hydrogens is 665 g/mol. The van der Waals surface area contributed by atoms with Gasteiger partial charge in [0.05, 0.1) is 0 Å². The van der Waals surface area contributed by atoms with E-state index >= 15 is 0 Å². The van der Waals surface area contributed by atoms with Crippen LogP contribution in [0.2, 0.25) is 0 Å². The van der Waals surface area contributed by atoms with Gasteiger partial charge in [0.15, 0.2) is 0 Å². The number of benzene rings is 9. The van der Waals surface area contributed by atoms with Gasteiger partial charge in [-0.05, 0) is 119 Å². The largest absolute Gasteiger partial charge is 0.456 e. The summed E-state index contributed by atoms with van der Waals surface area (Å²) in [4.78, 5) is 0. The molecule has 0 fully saturated rings. The molecule has 1 heteroatoms. The Bertz CT molecular complexity index is 3160. The van der Waals surface area contributed by atoms with Gasteiger partial charge < -0.3 is 4.42 Å². The van der Waals surface area contributed by atoms with Crippen molar-refractivity contribution in [2.45, 2.75) is 11.8 Å². The van der Waals surface area contributed by atoms with E-state index < -0.39 is 0 Å². The molecular formula is C54H34O. The van der Waals surface area contributed by atoms with Crippen molar-refractivity contribution in [3.8, 4) is 44.5 Å². The Morgan fingerprint density at radius 3 is 1.78 bits per heavy atom. The summed E-state index contributed by atoms with van der Waals surface area (Å²) in [5, 5.41) is 4.81. The Morgan fingerprint density at radius 2 is 0.909 bits per heavy atom. The number of fused-ring (bicyclic) bond motifs is 10. The molecule has 1 nitrogen and oxygen atoms in total. The Kier molecular flexibility index (Phi) is 6.53. The van der Waals surface area contributed by atoms with Crippen molar-refractivity contribution in [3.63, 3.8) is 0 Å². The molecule has 2 atom stereocenters. The first-order chi connectivity index (χ1) is 27.3. The van der Waals surface area contributed by atoms with Gasteiger partial charge in [-0.3, -0.25) is 0 Å². The van der Waals surface area contributed by atoms with Crippen LogP contribution in [0.25, 0.3) is 77.2 Å². The summed E-state index contributed by atoms with van der Waals surface area (Å²) in [6, 6.07) is 71.8. The highest BCUT2D eigenvalue weighted by Crippen LogP contribution is 2.52. The van der Waals surface area contributed by atoms with Crippen LogP contribution in [0.4, 0.5) is 0 Å². The van der Waals surface area contributed by atoms with Crippen LogP contribution in [0, 0.1) is 0 Å². The quantitative estimate of drug-likeness (QED) is 0.178. The summed E-state index contributed by atoms with van der Waals surface area (Å²) < 4.78 is 6.22. The normalized spacial score (nSPS) is 15.3. The minimum atomic E-state index is 0.152. The molecule has 0 radical (unpaired) electrons. The molecule has 0 bridgehead atoms. The summed E-state index contributed by atoms with van der Waals surface area (Å²) in [6.07, 6.45) is 0. The summed E-state index contributed by atoms with van der Waals surface area (Å²) in [5.41, 5.74) is 20.3. The molecule has 0 saturated carbocycles. The molecule has 0 N–H and O–H groups in total. The highest BCUT2D eigenvalue weighted by atomic mass is 16.3. The number of hydrogen-bond acceptors (Lipinski definition) is 1. The molecule has 2 unspecified atom stereocenters. The fourth-order valence-electron chi connectivity index (χ4n) is 9.76. The minimum absolute atomic E-state index is 0.152. The van der Waals surface area contributed by atoms with Gasteiger partial charge in [-0.1, -0.05) is 164 Å². The predicted octanol–water partition coefficient (Wildman–Crippen LogP) is 14.4. The smallest absolute Gasteiger partial charge is 0.136 e. The molecule has 2 aliphatic carbocycles. The Labute approximate surface area is 319 Å². The average Bonchev–Trinajstić information content (AvgIpc) is 3.91. The standard InChI is InChI=1S/C54H34O/c1-2-11-33(12-3-1)52-45-16-7-5-14-42(45)48-31-36(26-28-46(48)52)37-25-27-43-41-13-4-6-15-44(41)53(49(43)32-37)39-24-22-34-29-38(23-21-35(34)30-39)40-18-10-20-51-54(40)47-17-8-9-19-50(47)55-51/h1-32,52-53H. The zero-order chi connectivity index (χ0) is 36.0. The van der Waals surface area contributed by atoms with Crippen molar-refractivity contribution in [2.24, 2.45) is 0 Å². The lowest BCUT2D eigenvalue weighted by atomic mass is 9.86. The van der Waals surface area contributed by atoms with E-state index in [1.165, 1.54) is 94.0 Å². The monoisotopic (exact) mass is 698 g/mol. The molecule has 0 amide bonds. The van der Waals surface area contributed by atoms with Crippen molar-refractivity contribution >= 4 is 32.7 Å². The van der Waals surface area contributed by atoms with Gasteiger partial charge in [0.25, 0.3) is 0 Å². The zero-order valence-corrected chi connectivity index (χ0v) is 30.0. The van der Waals surface area contributed by atoms with Gasteiger partial charge >= 0.3 is 0 Å². The van der Waals surface area contributed by atoms with E-state index in [1.54, 1.807) is 0 Å². The summed E-state index contributed by atoms with van der Waals surface area (Å²) >= 11 is 0. The molecule has 1 heterocycles. The average molecular weight is 699 g/mol. The zero-order valence-electron chi connectivity index (χ0n) is 30.0. The molecule has 0 saturated heterocycles. The molecule has 1 aromatic heterocycles. The van der Waals surface area contributed by atoms with Crippen LogP contribution >= 0.6 is 0 Å². The van der Waals surface area contributed by atoms with Crippen molar-refractivity contribution in [1.82, 2.24) is 0 Å². The predicted molar refractivity (Wildman–Crippen MR) is 228 cm³/mol. The highest BCUT2D eigenvalue weighted by Gasteiger charge is 2.32. The Hall–Kier alpha value is -6.96. The van der Waals surface area contributed by atoms with Crippen LogP contribution in [0.3, 0.4) is 0 Å². The van der Waals surface area contributed by atoms with E-state index in [0.717, 1.165) is 16.6 Å². The molecule has 0 spiro atoms. The van der Waals surface area contributed by atoms with E-state index in [2.05, 4.69) is 188 Å². The van der Waals surface area contributed by atoms with Gasteiger partial charge in [0.1, 0.15) is 11.2 Å². The van der Waals surface area contributed by atoms with Gasteiger partial charge in [0.2, 0.25) is 0 Å². The van der Waals surface area contributed by atoms with Gasteiger partial charge in [-0.2, -0.15) is 0 Å². The van der Waals surface area contributed by atoms with Crippen LogP contribution in [-0.4, -0.2) is 0 Å². The Morgan fingerprint density at radius 1 is 0.309 bits per heavy atom. The third kappa shape index (κ3) is 4.60. The number of furan rings is 1. The maximum absolute atomic E-state index is 6.22. The van der Waals surface area contributed by atoms with Crippen molar-refractivity contribution < 1.29 is 4.42 Å². The van der Waals surface area contributed by atoms with Gasteiger partial charge in [-0.25, -0.2) is 0 Å². The molecule has 9 aromatic carbocycles. The van der Waals surface area contributed by atoms with Crippen molar-refractivity contribution in [3.05, 3.63) is 228 Å². The summed E-state index contributed by atoms with van der Waals surface area (Å²) in [5.74, 6) is 0.405. The lowest BCUT2D eigenvalue weighted by Crippen LogP contribution is -2.00. The first kappa shape index (κ1) is 30.5. The number of rotatable bonds is 4. The Balaban J connectivity index is 0.951. The second-order valence-electron chi connectivity index (χ2n) is 15.2. The van der Waals surface area contributed by atoms with Crippen molar-refractivity contribution in [2.75, 3.05) is 0 Å². The second kappa shape index (κ2) is 11.8. The number of hydrogen-bond donors (Lipinski definition) is 0. The first-order valence-electron chi connectivity index (χ1n) is 19.2. The highest BCUT2D eigenvalue weighted by molar-refractivity contribution is 6.13. The fraction of sp³-hybridized carbons (Fsp3) is 0.0370. The van der Waals surface area contributed by atoms with Crippen LogP contribution < -0.4 is 0 Å². The molecule has 12 rings (SSSR count). The third-order valence-electron chi connectivity index (χ3n) is 12.2. The van der Waals surface area contributed by atoms with Crippen molar-refractivity contribution in [1.29, 1.82) is 0 Å². The summed E-state index contributed by atoms with van der Waals surface area (Å²) in [7, 11) is 0. The lowest BCUT2D eigenvalue weighted by molar-refractivity contribution is 0.669. The first-order valence-corrected chi connectivity index (χ1v) is 19.2. The molecule has 55 heavy (non-hydrogen) atoms.